The summed E-state index contributed by atoms with van der Waals surface area (Å²) >= 11 is 0. The second kappa shape index (κ2) is 5.57. The van der Waals surface area contributed by atoms with Crippen molar-refractivity contribution in [3.63, 3.8) is 0 Å². The van der Waals surface area contributed by atoms with Gasteiger partial charge in [0.25, 0.3) is 0 Å². The second-order valence-electron chi connectivity index (χ2n) is 6.12. The van der Waals surface area contributed by atoms with E-state index in [1.165, 1.54) is 24.6 Å². The zero-order valence-corrected chi connectivity index (χ0v) is 12.3. The Morgan fingerprint density at radius 1 is 1.35 bits per heavy atom. The molecule has 2 aliphatic carbocycles. The van der Waals surface area contributed by atoms with E-state index in [0.717, 1.165) is 12.3 Å². The lowest BCUT2D eigenvalue weighted by Gasteiger charge is -2.37. The van der Waals surface area contributed by atoms with Gasteiger partial charge in [-0.25, -0.2) is 0 Å². The highest BCUT2D eigenvalue weighted by Gasteiger charge is 2.35. The van der Waals surface area contributed by atoms with Gasteiger partial charge < -0.3 is 4.57 Å². The van der Waals surface area contributed by atoms with Crippen LogP contribution in [-0.4, -0.2) is 5.66 Å². The number of hydrogen-bond donors (Lipinski definition) is 0. The van der Waals surface area contributed by atoms with Crippen molar-refractivity contribution in [1.82, 2.24) is 0 Å². The maximum atomic E-state index is 12.7. The summed E-state index contributed by atoms with van der Waals surface area (Å²) in [6.45, 7) is 6.91. The standard InChI is InChI=1S/C15H25OP/c1-11(2)14-9-8-12(3)10-15(14)17(16)13-6-4-5-7-13/h4-6,11-12,14-15,17H,7-10H2,1-3H3/t12-,14+,15-/m1/s1. The Balaban J connectivity index is 2.11. The fourth-order valence-electron chi connectivity index (χ4n) is 3.37. The van der Waals surface area contributed by atoms with Gasteiger partial charge in [-0.1, -0.05) is 45.4 Å². The summed E-state index contributed by atoms with van der Waals surface area (Å²) in [6.07, 6.45) is 11.0. The molecule has 0 bridgehead atoms. The molecule has 2 rings (SSSR count). The Morgan fingerprint density at radius 3 is 2.71 bits per heavy atom. The molecule has 0 aromatic heterocycles. The zero-order chi connectivity index (χ0) is 12.4. The van der Waals surface area contributed by atoms with Crippen molar-refractivity contribution >= 4 is 7.80 Å². The first kappa shape index (κ1) is 13.1. The van der Waals surface area contributed by atoms with Crippen LogP contribution in [0, 0.1) is 17.8 Å². The van der Waals surface area contributed by atoms with Crippen LogP contribution >= 0.6 is 7.80 Å². The lowest BCUT2D eigenvalue weighted by Crippen LogP contribution is -2.29. The summed E-state index contributed by atoms with van der Waals surface area (Å²) in [5.41, 5.74) is 0.467. The molecule has 2 aliphatic rings. The van der Waals surface area contributed by atoms with E-state index in [1.807, 2.05) is 0 Å². The molecule has 2 heteroatoms. The van der Waals surface area contributed by atoms with Crippen molar-refractivity contribution < 1.29 is 4.57 Å². The Kier molecular flexibility index (Phi) is 4.31. The van der Waals surface area contributed by atoms with Crippen molar-refractivity contribution in [3.8, 4) is 0 Å². The van der Waals surface area contributed by atoms with Crippen molar-refractivity contribution in [2.75, 3.05) is 0 Å². The average Bonchev–Trinajstić information content (AvgIpc) is 2.80. The van der Waals surface area contributed by atoms with Crippen LogP contribution in [0.25, 0.3) is 0 Å². The summed E-state index contributed by atoms with van der Waals surface area (Å²) in [5, 5.41) is 1.22. The van der Waals surface area contributed by atoms with Crippen LogP contribution in [0.5, 0.6) is 0 Å². The quantitative estimate of drug-likeness (QED) is 0.656. The molecule has 1 saturated carbocycles. The highest BCUT2D eigenvalue weighted by molar-refractivity contribution is 7.50. The summed E-state index contributed by atoms with van der Waals surface area (Å²) in [5.74, 6) is 2.12. The highest BCUT2D eigenvalue weighted by Crippen LogP contribution is 2.52. The van der Waals surface area contributed by atoms with Crippen molar-refractivity contribution in [3.05, 3.63) is 23.5 Å². The third kappa shape index (κ3) is 2.94. The minimum absolute atomic E-state index is 0.467. The minimum Gasteiger partial charge on any atom is -0.322 e. The molecule has 17 heavy (non-hydrogen) atoms. The lowest BCUT2D eigenvalue weighted by atomic mass is 9.77. The lowest BCUT2D eigenvalue weighted by molar-refractivity contribution is 0.239. The molecular formula is C15H25OP. The molecule has 0 heterocycles. The van der Waals surface area contributed by atoms with E-state index in [0.29, 0.717) is 17.5 Å². The second-order valence-corrected chi connectivity index (χ2v) is 8.23. The highest BCUT2D eigenvalue weighted by atomic mass is 31.1. The Labute approximate surface area is 106 Å². The van der Waals surface area contributed by atoms with Crippen LogP contribution in [0.15, 0.2) is 23.5 Å². The van der Waals surface area contributed by atoms with E-state index >= 15 is 0 Å². The van der Waals surface area contributed by atoms with Crippen LogP contribution in [0.3, 0.4) is 0 Å². The number of hydrogen-bond acceptors (Lipinski definition) is 1. The molecule has 0 saturated heterocycles. The van der Waals surface area contributed by atoms with E-state index < -0.39 is 7.80 Å². The molecule has 96 valence electrons. The van der Waals surface area contributed by atoms with Crippen LogP contribution < -0.4 is 0 Å². The summed E-state index contributed by atoms with van der Waals surface area (Å²) in [7, 11) is -1.54. The first-order valence-electron chi connectivity index (χ1n) is 6.99. The SMILES string of the molecule is CC(C)[C@@H]1CC[C@@H](C)C[C@H]1[PH](=O)C1=CC=CC1. The van der Waals surface area contributed by atoms with E-state index in [9.17, 15) is 4.57 Å². The smallest absolute Gasteiger partial charge is 0.103 e. The molecular weight excluding hydrogens is 227 g/mol. The minimum atomic E-state index is -1.54. The van der Waals surface area contributed by atoms with Crippen molar-refractivity contribution in [2.24, 2.45) is 17.8 Å². The summed E-state index contributed by atoms with van der Waals surface area (Å²) in [4.78, 5) is 0. The molecule has 0 aromatic rings. The topological polar surface area (TPSA) is 17.1 Å². The van der Waals surface area contributed by atoms with E-state index in [2.05, 4.69) is 39.0 Å². The molecule has 0 aromatic carbocycles. The van der Waals surface area contributed by atoms with Gasteiger partial charge in [-0.2, -0.15) is 0 Å². The van der Waals surface area contributed by atoms with Gasteiger partial charge in [0, 0.05) is 5.66 Å². The normalized spacial score (nSPS) is 35.1. The van der Waals surface area contributed by atoms with Crippen molar-refractivity contribution in [2.45, 2.75) is 52.1 Å². The third-order valence-electron chi connectivity index (χ3n) is 4.45. The molecule has 0 aliphatic heterocycles. The maximum absolute atomic E-state index is 12.7. The molecule has 0 amide bonds. The fraction of sp³-hybridized carbons (Fsp3) is 0.733. The Hall–Kier alpha value is -0.290. The van der Waals surface area contributed by atoms with Crippen LogP contribution in [-0.2, 0) is 4.57 Å². The van der Waals surface area contributed by atoms with Crippen LogP contribution in [0.2, 0.25) is 0 Å². The summed E-state index contributed by atoms with van der Waals surface area (Å²) < 4.78 is 12.7. The Bertz CT molecular complexity index is 354. The molecule has 0 spiro atoms. The molecule has 1 nitrogen and oxygen atoms in total. The molecule has 4 atom stereocenters. The molecule has 0 N–H and O–H groups in total. The predicted molar refractivity (Wildman–Crippen MR) is 76.0 cm³/mol. The van der Waals surface area contributed by atoms with Crippen molar-refractivity contribution in [1.29, 1.82) is 0 Å². The van der Waals surface area contributed by atoms with Gasteiger partial charge in [-0.05, 0) is 42.3 Å². The molecule has 0 radical (unpaired) electrons. The fourth-order valence-corrected chi connectivity index (χ4v) is 5.98. The van der Waals surface area contributed by atoms with Crippen LogP contribution in [0.4, 0.5) is 0 Å². The van der Waals surface area contributed by atoms with Crippen LogP contribution in [0.1, 0.15) is 46.5 Å². The monoisotopic (exact) mass is 252 g/mol. The number of rotatable bonds is 3. The zero-order valence-electron chi connectivity index (χ0n) is 11.3. The Morgan fingerprint density at radius 2 is 2.12 bits per heavy atom. The van der Waals surface area contributed by atoms with Gasteiger partial charge in [0.05, 0.1) is 0 Å². The molecule has 1 fully saturated rings. The van der Waals surface area contributed by atoms with Gasteiger partial charge >= 0.3 is 0 Å². The van der Waals surface area contributed by atoms with Gasteiger partial charge in [-0.15, -0.1) is 0 Å². The van der Waals surface area contributed by atoms with E-state index in [4.69, 9.17) is 0 Å². The first-order valence-corrected chi connectivity index (χ1v) is 8.48. The number of allylic oxidation sites excluding steroid dienone is 4. The summed E-state index contributed by atoms with van der Waals surface area (Å²) in [6, 6.07) is 0. The third-order valence-corrected chi connectivity index (χ3v) is 6.79. The van der Waals surface area contributed by atoms with E-state index in [1.54, 1.807) is 0 Å². The van der Waals surface area contributed by atoms with Gasteiger partial charge in [-0.3, -0.25) is 0 Å². The maximum Gasteiger partial charge on any atom is 0.103 e. The largest absolute Gasteiger partial charge is 0.322 e. The predicted octanol–water partition coefficient (Wildman–Crippen LogP) is 4.85. The van der Waals surface area contributed by atoms with Gasteiger partial charge in [0.1, 0.15) is 7.80 Å². The average molecular weight is 252 g/mol. The van der Waals surface area contributed by atoms with E-state index in [-0.39, 0.29) is 0 Å². The van der Waals surface area contributed by atoms with Gasteiger partial charge in [0.15, 0.2) is 0 Å². The first-order chi connectivity index (χ1) is 8.09. The van der Waals surface area contributed by atoms with Gasteiger partial charge in [0.2, 0.25) is 0 Å². The molecule has 1 unspecified atom stereocenters.